The van der Waals surface area contributed by atoms with Crippen molar-refractivity contribution in [1.29, 1.82) is 0 Å². The summed E-state index contributed by atoms with van der Waals surface area (Å²) in [6.07, 6.45) is 1.82. The summed E-state index contributed by atoms with van der Waals surface area (Å²) in [5.41, 5.74) is 5.72. The Kier molecular flexibility index (Phi) is 6.24. The molecule has 174 valence electrons. The molecule has 1 aromatic carbocycles. The number of hydrogen-bond donors (Lipinski definition) is 1. The molecule has 10 heteroatoms. The van der Waals surface area contributed by atoms with Crippen LogP contribution in [-0.2, 0) is 20.1 Å². The maximum absolute atomic E-state index is 14.5. The zero-order valence-electron chi connectivity index (χ0n) is 19.0. The van der Waals surface area contributed by atoms with Gasteiger partial charge in [0.2, 0.25) is 5.95 Å². The number of methoxy groups -OCH3 is 1. The van der Waals surface area contributed by atoms with Crippen molar-refractivity contribution in [2.24, 2.45) is 12.8 Å². The van der Waals surface area contributed by atoms with Crippen molar-refractivity contribution < 1.29 is 9.13 Å². The number of imidazole rings is 1. The number of aryl methyl sites for hydroxylation is 1. The number of ether oxygens (including phenoxy) is 1. The first-order valence-electron chi connectivity index (χ1n) is 10.8. The fourth-order valence-corrected chi connectivity index (χ4v) is 4.21. The lowest BCUT2D eigenvalue weighted by atomic mass is 10.1. The highest BCUT2D eigenvalue weighted by Gasteiger charge is 2.26. The van der Waals surface area contributed by atoms with Gasteiger partial charge in [-0.15, -0.1) is 5.92 Å². The Balaban J connectivity index is 1.92. The van der Waals surface area contributed by atoms with Crippen molar-refractivity contribution in [1.82, 2.24) is 18.7 Å². The molecule has 0 aliphatic carbocycles. The van der Waals surface area contributed by atoms with E-state index in [1.165, 1.54) is 29.9 Å². The largest absolute Gasteiger partial charge is 0.497 e. The second-order valence-electron chi connectivity index (χ2n) is 8.14. The van der Waals surface area contributed by atoms with Gasteiger partial charge in [0.25, 0.3) is 5.56 Å². The van der Waals surface area contributed by atoms with Gasteiger partial charge in [0, 0.05) is 31.7 Å². The molecule has 33 heavy (non-hydrogen) atoms. The summed E-state index contributed by atoms with van der Waals surface area (Å²) in [5, 5.41) is 0. The van der Waals surface area contributed by atoms with Gasteiger partial charge in [0.15, 0.2) is 11.2 Å². The monoisotopic (exact) mass is 454 g/mol. The molecule has 3 aromatic rings. The molecule has 1 aliphatic heterocycles. The SMILES string of the molecule is CC#CCn1c(N2CCC[C@@H](N)C2)nc2c1c(=O)n(Cc1cc(OC)ccc1F)c(=O)n2C. The number of halogens is 1. The van der Waals surface area contributed by atoms with Crippen LogP contribution in [-0.4, -0.2) is 44.9 Å². The van der Waals surface area contributed by atoms with Crippen LogP contribution in [0.15, 0.2) is 27.8 Å². The van der Waals surface area contributed by atoms with Crippen molar-refractivity contribution in [2.75, 3.05) is 25.1 Å². The second kappa shape index (κ2) is 9.11. The molecule has 0 amide bonds. The van der Waals surface area contributed by atoms with E-state index >= 15 is 0 Å². The number of aromatic nitrogens is 4. The van der Waals surface area contributed by atoms with Crippen LogP contribution >= 0.6 is 0 Å². The summed E-state index contributed by atoms with van der Waals surface area (Å²) in [5.74, 6) is 6.30. The van der Waals surface area contributed by atoms with Gasteiger partial charge in [0.1, 0.15) is 11.6 Å². The molecule has 4 rings (SSSR count). The standard InChI is InChI=1S/C23H27FN6O3/c1-4-5-11-29-19-20(26-22(29)28-10-6-7-16(25)14-28)27(2)23(32)30(21(19)31)13-15-12-17(33-3)8-9-18(15)24/h8-9,12,16H,6-7,10-11,13-14,25H2,1-3H3/t16-/m1/s1. The molecular formula is C23H27FN6O3. The molecule has 1 fully saturated rings. The zero-order valence-corrected chi connectivity index (χ0v) is 19.0. The first kappa shape index (κ1) is 22.6. The molecule has 0 spiro atoms. The highest BCUT2D eigenvalue weighted by molar-refractivity contribution is 5.75. The summed E-state index contributed by atoms with van der Waals surface area (Å²) < 4.78 is 23.7. The summed E-state index contributed by atoms with van der Waals surface area (Å²) in [6.45, 7) is 3.05. The molecule has 0 saturated carbocycles. The third-order valence-corrected chi connectivity index (χ3v) is 5.95. The Labute approximate surface area is 190 Å². The molecule has 1 atom stereocenters. The summed E-state index contributed by atoms with van der Waals surface area (Å²) in [7, 11) is 3.02. The van der Waals surface area contributed by atoms with Crippen LogP contribution in [0.1, 0.15) is 25.3 Å². The van der Waals surface area contributed by atoms with Crippen molar-refractivity contribution in [3.63, 3.8) is 0 Å². The van der Waals surface area contributed by atoms with Gasteiger partial charge >= 0.3 is 5.69 Å². The third kappa shape index (κ3) is 4.12. The van der Waals surface area contributed by atoms with Gasteiger partial charge < -0.3 is 15.4 Å². The quantitative estimate of drug-likeness (QED) is 0.579. The Morgan fingerprint density at radius 2 is 2.09 bits per heavy atom. The highest BCUT2D eigenvalue weighted by atomic mass is 19.1. The highest BCUT2D eigenvalue weighted by Crippen LogP contribution is 2.23. The molecular weight excluding hydrogens is 427 g/mol. The average molecular weight is 455 g/mol. The maximum Gasteiger partial charge on any atom is 0.332 e. The van der Waals surface area contributed by atoms with Crippen LogP contribution in [0.25, 0.3) is 11.2 Å². The number of nitrogens with two attached hydrogens (primary N) is 1. The zero-order chi connectivity index (χ0) is 23.7. The van der Waals surface area contributed by atoms with Gasteiger partial charge in [-0.3, -0.25) is 18.5 Å². The minimum Gasteiger partial charge on any atom is -0.497 e. The van der Waals surface area contributed by atoms with Gasteiger partial charge in [-0.1, -0.05) is 5.92 Å². The van der Waals surface area contributed by atoms with Crippen molar-refractivity contribution >= 4 is 17.1 Å². The maximum atomic E-state index is 14.5. The van der Waals surface area contributed by atoms with Crippen LogP contribution in [0.3, 0.4) is 0 Å². The van der Waals surface area contributed by atoms with E-state index in [1.807, 2.05) is 4.90 Å². The topological polar surface area (TPSA) is 100 Å². The summed E-state index contributed by atoms with van der Waals surface area (Å²) in [4.78, 5) is 33.3. The van der Waals surface area contributed by atoms with Crippen LogP contribution in [0, 0.1) is 17.7 Å². The van der Waals surface area contributed by atoms with E-state index in [4.69, 9.17) is 10.5 Å². The predicted molar refractivity (Wildman–Crippen MR) is 124 cm³/mol. The molecule has 2 aromatic heterocycles. The Hall–Kier alpha value is -3.58. The lowest BCUT2D eigenvalue weighted by molar-refractivity contribution is 0.412. The predicted octanol–water partition coefficient (Wildman–Crippen LogP) is 1.04. The second-order valence-corrected chi connectivity index (χ2v) is 8.14. The van der Waals surface area contributed by atoms with Crippen molar-refractivity contribution in [2.45, 2.75) is 38.9 Å². The fourth-order valence-electron chi connectivity index (χ4n) is 4.21. The minimum absolute atomic E-state index is 0.000727. The molecule has 0 radical (unpaired) electrons. The van der Waals surface area contributed by atoms with Crippen LogP contribution in [0.4, 0.5) is 10.3 Å². The average Bonchev–Trinajstić information content (AvgIpc) is 3.20. The lowest BCUT2D eigenvalue weighted by Gasteiger charge is -2.31. The smallest absolute Gasteiger partial charge is 0.332 e. The number of piperidine rings is 1. The molecule has 3 heterocycles. The van der Waals surface area contributed by atoms with Crippen LogP contribution < -0.4 is 26.6 Å². The summed E-state index contributed by atoms with van der Waals surface area (Å²) in [6, 6.07) is 4.21. The van der Waals surface area contributed by atoms with E-state index in [0.717, 1.165) is 24.0 Å². The van der Waals surface area contributed by atoms with Gasteiger partial charge in [-0.05, 0) is 38.0 Å². The summed E-state index contributed by atoms with van der Waals surface area (Å²) >= 11 is 0. The van der Waals surface area contributed by atoms with E-state index < -0.39 is 17.1 Å². The third-order valence-electron chi connectivity index (χ3n) is 5.95. The van der Waals surface area contributed by atoms with Crippen molar-refractivity contribution in [3.8, 4) is 17.6 Å². The van der Waals surface area contributed by atoms with Gasteiger partial charge in [0.05, 0.1) is 20.2 Å². The number of benzene rings is 1. The number of anilines is 1. The van der Waals surface area contributed by atoms with Gasteiger partial charge in [-0.25, -0.2) is 9.18 Å². The van der Waals surface area contributed by atoms with Crippen molar-refractivity contribution in [3.05, 3.63) is 50.4 Å². The van der Waals surface area contributed by atoms with E-state index in [1.54, 1.807) is 18.5 Å². The van der Waals surface area contributed by atoms with E-state index in [9.17, 15) is 14.0 Å². The molecule has 0 bridgehead atoms. The molecule has 9 nitrogen and oxygen atoms in total. The lowest BCUT2D eigenvalue weighted by Crippen LogP contribution is -2.44. The van der Waals surface area contributed by atoms with Crippen LogP contribution in [0.5, 0.6) is 5.75 Å². The number of hydrogen-bond acceptors (Lipinski definition) is 6. The Morgan fingerprint density at radius 3 is 2.79 bits per heavy atom. The number of nitrogens with zero attached hydrogens (tertiary/aromatic N) is 5. The Morgan fingerprint density at radius 1 is 1.30 bits per heavy atom. The molecule has 1 aliphatic rings. The first-order valence-corrected chi connectivity index (χ1v) is 10.8. The molecule has 0 unspecified atom stereocenters. The molecule has 1 saturated heterocycles. The normalized spacial score (nSPS) is 16.0. The van der Waals surface area contributed by atoms with E-state index in [0.29, 0.717) is 18.2 Å². The Bertz CT molecular complexity index is 1380. The minimum atomic E-state index is -0.581. The number of rotatable bonds is 5. The first-order chi connectivity index (χ1) is 15.8. The van der Waals surface area contributed by atoms with E-state index in [2.05, 4.69) is 16.8 Å². The molecule has 2 N–H and O–H groups in total. The number of fused-ring (bicyclic) bond motifs is 1. The van der Waals surface area contributed by atoms with E-state index in [-0.39, 0.29) is 35.9 Å². The fraction of sp³-hybridized carbons (Fsp3) is 0.435. The van der Waals surface area contributed by atoms with Crippen LogP contribution in [0.2, 0.25) is 0 Å². The van der Waals surface area contributed by atoms with Gasteiger partial charge in [-0.2, -0.15) is 4.98 Å².